The van der Waals surface area contributed by atoms with Crippen molar-refractivity contribution in [1.29, 1.82) is 0 Å². The van der Waals surface area contributed by atoms with Crippen LogP contribution in [0.3, 0.4) is 0 Å². The van der Waals surface area contributed by atoms with Gasteiger partial charge >= 0.3 is 11.5 Å². The molecular formula is C16H16Cl2F2O3. The van der Waals surface area contributed by atoms with Crippen molar-refractivity contribution in [2.24, 2.45) is 17.3 Å². The molecule has 1 aliphatic carbocycles. The standard InChI is InChI=1S/C16H16Cl2F2O3/c1-15(2)11(13(15)14(21)22-3)7-5-9-4-6-10(8-12(9)17)23-16(18,19)20/h4-8,11,13H,1-3H3/b7-5+. The van der Waals surface area contributed by atoms with E-state index in [0.717, 1.165) is 0 Å². The summed E-state index contributed by atoms with van der Waals surface area (Å²) in [5.41, 5.74) is -3.34. The fourth-order valence-electron chi connectivity index (χ4n) is 2.66. The number of halogens is 4. The van der Waals surface area contributed by atoms with Crippen LogP contribution in [0.4, 0.5) is 8.78 Å². The number of alkyl halides is 3. The van der Waals surface area contributed by atoms with Crippen LogP contribution in [0.5, 0.6) is 5.75 Å². The Hall–Kier alpha value is -1.33. The van der Waals surface area contributed by atoms with E-state index in [2.05, 4.69) is 4.74 Å². The maximum atomic E-state index is 12.6. The summed E-state index contributed by atoms with van der Waals surface area (Å²) in [6.45, 7) is 3.95. The molecule has 0 spiro atoms. The molecule has 23 heavy (non-hydrogen) atoms. The molecule has 1 aromatic carbocycles. The van der Waals surface area contributed by atoms with Crippen molar-refractivity contribution in [3.05, 3.63) is 34.9 Å². The highest BCUT2D eigenvalue weighted by molar-refractivity contribution is 6.32. The first-order valence-corrected chi connectivity index (χ1v) is 7.63. The summed E-state index contributed by atoms with van der Waals surface area (Å²) >= 11 is 10.8. The van der Waals surface area contributed by atoms with E-state index in [4.69, 9.17) is 27.9 Å². The van der Waals surface area contributed by atoms with Crippen LogP contribution in [0.15, 0.2) is 24.3 Å². The summed E-state index contributed by atoms with van der Waals surface area (Å²) in [6.07, 6.45) is 3.62. The molecule has 1 aromatic rings. The van der Waals surface area contributed by atoms with Crippen molar-refractivity contribution in [2.75, 3.05) is 7.11 Å². The second-order valence-corrected chi connectivity index (χ2v) is 6.79. The molecule has 0 bridgehead atoms. The normalized spacial score (nSPS) is 22.9. The van der Waals surface area contributed by atoms with Crippen molar-refractivity contribution < 1.29 is 23.0 Å². The van der Waals surface area contributed by atoms with Gasteiger partial charge in [-0.2, -0.15) is 0 Å². The average Bonchev–Trinajstić information content (AvgIpc) is 2.96. The second-order valence-electron chi connectivity index (χ2n) is 5.94. The van der Waals surface area contributed by atoms with E-state index >= 15 is 0 Å². The van der Waals surface area contributed by atoms with E-state index < -0.39 is 5.57 Å². The first-order valence-electron chi connectivity index (χ1n) is 6.87. The average molecular weight is 365 g/mol. The van der Waals surface area contributed by atoms with Crippen LogP contribution in [0.25, 0.3) is 6.08 Å². The van der Waals surface area contributed by atoms with Crippen LogP contribution in [0.1, 0.15) is 19.4 Å². The van der Waals surface area contributed by atoms with Crippen LogP contribution in [-0.4, -0.2) is 18.6 Å². The van der Waals surface area contributed by atoms with Crippen LogP contribution < -0.4 is 4.74 Å². The van der Waals surface area contributed by atoms with E-state index in [1.807, 2.05) is 19.9 Å². The van der Waals surface area contributed by atoms with Gasteiger partial charge in [0.1, 0.15) is 5.75 Å². The quantitative estimate of drug-likeness (QED) is 0.546. The topological polar surface area (TPSA) is 35.5 Å². The number of allylic oxidation sites excluding steroid dienone is 1. The Bertz CT molecular complexity index is 639. The molecule has 1 aliphatic rings. The minimum absolute atomic E-state index is 0.0362. The maximum absolute atomic E-state index is 12.6. The molecule has 0 radical (unpaired) electrons. The van der Waals surface area contributed by atoms with Gasteiger partial charge in [0.25, 0.3) is 0 Å². The van der Waals surface area contributed by atoms with Gasteiger partial charge < -0.3 is 9.47 Å². The molecule has 0 aromatic heterocycles. The zero-order valence-electron chi connectivity index (χ0n) is 12.8. The third-order valence-electron chi connectivity index (χ3n) is 4.05. The third-order valence-corrected chi connectivity index (χ3v) is 4.46. The lowest BCUT2D eigenvalue weighted by Gasteiger charge is -2.11. The number of rotatable bonds is 5. The molecule has 1 saturated carbocycles. The van der Waals surface area contributed by atoms with Gasteiger partial charge in [-0.3, -0.25) is 4.79 Å². The molecule has 0 saturated heterocycles. The molecule has 0 heterocycles. The molecule has 0 N–H and O–H groups in total. The van der Waals surface area contributed by atoms with Gasteiger partial charge in [0.15, 0.2) is 0 Å². The highest BCUT2D eigenvalue weighted by atomic mass is 35.5. The van der Waals surface area contributed by atoms with Gasteiger partial charge in [0, 0.05) is 11.6 Å². The smallest absolute Gasteiger partial charge is 0.469 e. The van der Waals surface area contributed by atoms with E-state index in [0.29, 0.717) is 5.56 Å². The first kappa shape index (κ1) is 18.0. The predicted molar refractivity (Wildman–Crippen MR) is 84.7 cm³/mol. The number of esters is 1. The maximum Gasteiger partial charge on any atom is 0.487 e. The molecule has 0 amide bonds. The number of carbonyl (C=O) groups is 1. The minimum Gasteiger partial charge on any atom is -0.469 e. The predicted octanol–water partition coefficient (Wildman–Crippen LogP) is 4.97. The molecule has 1 fully saturated rings. The Morgan fingerprint density at radius 1 is 1.39 bits per heavy atom. The first-order chi connectivity index (χ1) is 10.6. The number of hydrogen-bond donors (Lipinski definition) is 0. The Balaban J connectivity index is 2.11. The molecule has 3 nitrogen and oxygen atoms in total. The Morgan fingerprint density at radius 2 is 2.04 bits per heavy atom. The number of ether oxygens (including phenoxy) is 2. The van der Waals surface area contributed by atoms with Gasteiger partial charge in [-0.15, -0.1) is 8.78 Å². The Kier molecular flexibility index (Phi) is 4.92. The van der Waals surface area contributed by atoms with Crippen molar-refractivity contribution in [1.82, 2.24) is 0 Å². The van der Waals surface area contributed by atoms with Crippen molar-refractivity contribution >= 4 is 35.2 Å². The zero-order chi connectivity index (χ0) is 17.4. The van der Waals surface area contributed by atoms with E-state index in [-0.39, 0.29) is 34.0 Å². The number of hydrogen-bond acceptors (Lipinski definition) is 3. The minimum atomic E-state index is -3.79. The molecule has 2 atom stereocenters. The van der Waals surface area contributed by atoms with Crippen molar-refractivity contribution in [3.63, 3.8) is 0 Å². The van der Waals surface area contributed by atoms with Crippen molar-refractivity contribution in [2.45, 2.75) is 19.4 Å². The molecule has 2 unspecified atom stereocenters. The van der Waals surface area contributed by atoms with Crippen LogP contribution >= 0.6 is 23.2 Å². The lowest BCUT2D eigenvalue weighted by Crippen LogP contribution is -2.15. The highest BCUT2D eigenvalue weighted by Gasteiger charge is 2.61. The molecule has 0 aliphatic heterocycles. The van der Waals surface area contributed by atoms with Gasteiger partial charge in [-0.1, -0.05) is 37.6 Å². The van der Waals surface area contributed by atoms with Gasteiger partial charge in [-0.25, -0.2) is 0 Å². The van der Waals surface area contributed by atoms with Crippen molar-refractivity contribution in [3.8, 4) is 5.75 Å². The Labute approximate surface area is 143 Å². The summed E-state index contributed by atoms with van der Waals surface area (Å²) in [4.78, 5) is 11.7. The number of benzene rings is 1. The molecule has 7 heteroatoms. The SMILES string of the molecule is COC(=O)C1C(/C=C/c2ccc(OC(F)(F)Cl)cc2Cl)C1(C)C. The van der Waals surface area contributed by atoms with E-state index in [9.17, 15) is 13.6 Å². The Morgan fingerprint density at radius 3 is 2.57 bits per heavy atom. The fraction of sp³-hybridized carbons (Fsp3) is 0.438. The summed E-state index contributed by atoms with van der Waals surface area (Å²) in [6, 6.07) is 4.14. The summed E-state index contributed by atoms with van der Waals surface area (Å²) < 4.78 is 34.2. The summed E-state index contributed by atoms with van der Waals surface area (Å²) in [5, 5.41) is 0.243. The molecular weight excluding hydrogens is 349 g/mol. The van der Waals surface area contributed by atoms with Crippen LogP contribution in [0.2, 0.25) is 5.02 Å². The van der Waals surface area contributed by atoms with Crippen LogP contribution in [0, 0.1) is 17.3 Å². The van der Waals surface area contributed by atoms with Crippen LogP contribution in [-0.2, 0) is 9.53 Å². The second kappa shape index (κ2) is 6.29. The highest BCUT2D eigenvalue weighted by Crippen LogP contribution is 2.59. The van der Waals surface area contributed by atoms with Gasteiger partial charge in [-0.05, 0) is 35.1 Å². The fourth-order valence-corrected chi connectivity index (χ4v) is 2.98. The lowest BCUT2D eigenvalue weighted by molar-refractivity contribution is -0.143. The molecule has 126 valence electrons. The molecule has 2 rings (SSSR count). The van der Waals surface area contributed by atoms with Gasteiger partial charge in [0.2, 0.25) is 0 Å². The summed E-state index contributed by atoms with van der Waals surface area (Å²) in [7, 11) is 1.36. The van der Waals surface area contributed by atoms with E-state index in [1.165, 1.54) is 19.2 Å². The third kappa shape index (κ3) is 4.15. The monoisotopic (exact) mass is 364 g/mol. The number of methoxy groups -OCH3 is 1. The largest absolute Gasteiger partial charge is 0.487 e. The van der Waals surface area contributed by atoms with E-state index in [1.54, 1.807) is 12.1 Å². The summed E-state index contributed by atoms with van der Waals surface area (Å²) in [5.74, 6) is -0.538. The van der Waals surface area contributed by atoms with Gasteiger partial charge in [0.05, 0.1) is 18.1 Å². The number of carbonyl (C=O) groups excluding carboxylic acids is 1. The zero-order valence-corrected chi connectivity index (χ0v) is 14.3. The lowest BCUT2D eigenvalue weighted by atomic mass is 10.1.